The molecule has 0 fully saturated rings. The Morgan fingerprint density at radius 1 is 0.970 bits per heavy atom. The number of benzene rings is 2. The first kappa shape index (κ1) is 24.0. The number of halogens is 2. The number of nitrogens with two attached hydrogens (primary N) is 1. The number of fused-ring (bicyclic) bond motifs is 1. The second-order valence-corrected chi connectivity index (χ2v) is 12.5. The van der Waals surface area contributed by atoms with E-state index in [1.54, 1.807) is 11.4 Å². The minimum absolute atomic E-state index is 0.0505. The quantitative estimate of drug-likeness (QED) is 0.487. The molecule has 0 saturated carbocycles. The Morgan fingerprint density at radius 3 is 2.36 bits per heavy atom. The number of carbonyl (C=O) groups excluding carboxylic acids is 1. The van der Waals surface area contributed by atoms with Crippen molar-refractivity contribution in [2.45, 2.75) is 28.4 Å². The molecule has 0 bridgehead atoms. The molecule has 0 spiro atoms. The molecule has 2 aromatic carbocycles. The summed E-state index contributed by atoms with van der Waals surface area (Å²) in [5, 5.41) is 7.10. The average molecular weight is 546 g/mol. The molecule has 13 heteroatoms. The molecule has 2 heterocycles. The maximum atomic E-state index is 13.1. The van der Waals surface area contributed by atoms with Crippen molar-refractivity contribution in [2.75, 3.05) is 9.62 Å². The largest absolute Gasteiger partial charge is 0.279 e. The molecule has 1 aromatic heterocycles. The van der Waals surface area contributed by atoms with Gasteiger partial charge in [-0.2, -0.15) is 0 Å². The number of sulfonamides is 2. The maximum Gasteiger partial charge on any atom is 0.271 e. The molecule has 1 aliphatic heterocycles. The summed E-state index contributed by atoms with van der Waals surface area (Å²) in [6.07, 6.45) is 1.04. The molecule has 1 amide bonds. The lowest BCUT2D eigenvalue weighted by Gasteiger charge is -2.26. The second kappa shape index (κ2) is 8.90. The summed E-state index contributed by atoms with van der Waals surface area (Å²) in [6.45, 7) is 0. The molecule has 0 radical (unpaired) electrons. The number of anilines is 3. The van der Waals surface area contributed by atoms with Crippen LogP contribution in [-0.4, -0.2) is 22.7 Å². The van der Waals surface area contributed by atoms with Crippen LogP contribution >= 0.6 is 34.5 Å². The van der Waals surface area contributed by atoms with Gasteiger partial charge in [-0.05, 0) is 60.2 Å². The molecule has 1 aliphatic rings. The molecule has 8 nitrogen and oxygen atoms in total. The summed E-state index contributed by atoms with van der Waals surface area (Å²) in [5.41, 5.74) is 1.20. The average Bonchev–Trinajstić information content (AvgIpc) is 3.22. The van der Waals surface area contributed by atoms with Crippen LogP contribution in [0.2, 0.25) is 10.0 Å². The van der Waals surface area contributed by atoms with Crippen LogP contribution in [0.1, 0.15) is 18.4 Å². The molecule has 174 valence electrons. The predicted octanol–water partition coefficient (Wildman–Crippen LogP) is 4.50. The molecular formula is C20H17Cl2N3O5S3. The lowest BCUT2D eigenvalue weighted by molar-refractivity contribution is -0.117. The third-order valence-electron chi connectivity index (χ3n) is 4.99. The van der Waals surface area contributed by atoms with E-state index in [1.807, 2.05) is 0 Å². The van der Waals surface area contributed by atoms with E-state index in [1.165, 1.54) is 41.3 Å². The number of hydrogen-bond acceptors (Lipinski definition) is 6. The molecule has 0 unspecified atom stereocenters. The first-order chi connectivity index (χ1) is 15.5. The maximum absolute atomic E-state index is 13.1. The summed E-state index contributed by atoms with van der Waals surface area (Å²) >= 11 is 13.4. The first-order valence-electron chi connectivity index (χ1n) is 9.51. The third-order valence-corrected chi connectivity index (χ3v) is 9.39. The highest BCUT2D eigenvalue weighted by atomic mass is 35.5. The molecular weight excluding hydrogens is 529 g/mol. The van der Waals surface area contributed by atoms with Crippen molar-refractivity contribution in [3.8, 4) is 0 Å². The van der Waals surface area contributed by atoms with E-state index >= 15 is 0 Å². The standard InChI is InChI=1S/C20H17Cl2N3O5S3/c21-14-10-16(24-33(29,30)20-5-2-8-31-20)18(11-15(14)22)25-17-7-6-13(32(23,27)28)9-12(17)3-1-4-19(25)26/h2,5-11,24H,1,3-4H2,(H2,23,27,28). The lowest BCUT2D eigenvalue weighted by Crippen LogP contribution is -2.27. The Hall–Kier alpha value is -2.15. The fraction of sp³-hybridized carbons (Fsp3) is 0.150. The van der Waals surface area contributed by atoms with Crippen LogP contribution in [0.4, 0.5) is 17.1 Å². The Morgan fingerprint density at radius 2 is 1.70 bits per heavy atom. The van der Waals surface area contributed by atoms with Gasteiger partial charge in [0.15, 0.2) is 0 Å². The van der Waals surface area contributed by atoms with Crippen molar-refractivity contribution in [1.29, 1.82) is 0 Å². The zero-order chi connectivity index (χ0) is 24.0. The number of nitrogens with one attached hydrogen (secondary N) is 1. The van der Waals surface area contributed by atoms with Crippen LogP contribution in [0.25, 0.3) is 0 Å². The molecule has 0 saturated heterocycles. The van der Waals surface area contributed by atoms with Crippen molar-refractivity contribution >= 4 is 77.6 Å². The number of rotatable bonds is 5. The number of amides is 1. The van der Waals surface area contributed by atoms with Gasteiger partial charge in [0.1, 0.15) is 4.21 Å². The van der Waals surface area contributed by atoms with Crippen molar-refractivity contribution in [3.05, 3.63) is 63.5 Å². The lowest BCUT2D eigenvalue weighted by atomic mass is 10.1. The van der Waals surface area contributed by atoms with Gasteiger partial charge < -0.3 is 0 Å². The van der Waals surface area contributed by atoms with E-state index in [-0.39, 0.29) is 42.9 Å². The Kier molecular flexibility index (Phi) is 6.47. The Balaban J connectivity index is 1.89. The minimum Gasteiger partial charge on any atom is -0.279 e. The van der Waals surface area contributed by atoms with Gasteiger partial charge in [-0.1, -0.05) is 29.3 Å². The van der Waals surface area contributed by atoms with Gasteiger partial charge in [0.25, 0.3) is 10.0 Å². The van der Waals surface area contributed by atoms with Gasteiger partial charge in [0, 0.05) is 6.42 Å². The van der Waals surface area contributed by atoms with Crippen molar-refractivity contribution < 1.29 is 21.6 Å². The molecule has 33 heavy (non-hydrogen) atoms. The minimum atomic E-state index is -3.96. The van der Waals surface area contributed by atoms with Gasteiger partial charge >= 0.3 is 0 Å². The summed E-state index contributed by atoms with van der Waals surface area (Å²) < 4.78 is 52.0. The summed E-state index contributed by atoms with van der Waals surface area (Å²) in [4.78, 5) is 14.4. The van der Waals surface area contributed by atoms with Crippen LogP contribution in [0.5, 0.6) is 0 Å². The number of carbonyl (C=O) groups is 1. The van der Waals surface area contributed by atoms with E-state index in [4.69, 9.17) is 28.3 Å². The molecule has 3 aromatic rings. The highest BCUT2D eigenvalue weighted by molar-refractivity contribution is 7.94. The van der Waals surface area contributed by atoms with E-state index < -0.39 is 20.0 Å². The molecule has 0 atom stereocenters. The second-order valence-electron chi connectivity index (χ2n) is 7.24. The summed E-state index contributed by atoms with van der Waals surface area (Å²) in [5.74, 6) is -0.313. The molecule has 0 aliphatic carbocycles. The fourth-order valence-electron chi connectivity index (χ4n) is 3.51. The van der Waals surface area contributed by atoms with Crippen LogP contribution in [0.3, 0.4) is 0 Å². The van der Waals surface area contributed by atoms with E-state index in [0.29, 0.717) is 24.1 Å². The fourth-order valence-corrected chi connectivity index (χ4v) is 6.46. The first-order valence-corrected chi connectivity index (χ1v) is 14.2. The number of aryl methyl sites for hydroxylation is 1. The van der Waals surface area contributed by atoms with Crippen molar-refractivity contribution in [2.24, 2.45) is 5.14 Å². The monoisotopic (exact) mass is 545 g/mol. The van der Waals surface area contributed by atoms with Gasteiger partial charge in [0.05, 0.1) is 32.0 Å². The van der Waals surface area contributed by atoms with Crippen LogP contribution < -0.4 is 14.8 Å². The van der Waals surface area contributed by atoms with Gasteiger partial charge in [-0.3, -0.25) is 14.4 Å². The van der Waals surface area contributed by atoms with Crippen LogP contribution in [-0.2, 0) is 31.3 Å². The Bertz CT molecular complexity index is 1460. The van der Waals surface area contributed by atoms with Crippen LogP contribution in [0.15, 0.2) is 56.9 Å². The van der Waals surface area contributed by atoms with E-state index in [9.17, 15) is 21.6 Å². The third kappa shape index (κ3) is 4.88. The highest BCUT2D eigenvalue weighted by Gasteiger charge is 2.29. The molecule has 3 N–H and O–H groups in total. The van der Waals surface area contributed by atoms with Gasteiger partial charge in [-0.15, -0.1) is 11.3 Å². The topological polar surface area (TPSA) is 127 Å². The highest BCUT2D eigenvalue weighted by Crippen LogP contribution is 2.42. The summed E-state index contributed by atoms with van der Waals surface area (Å²) in [7, 11) is -7.90. The van der Waals surface area contributed by atoms with Gasteiger partial charge in [-0.25, -0.2) is 22.0 Å². The number of primary sulfonamides is 1. The van der Waals surface area contributed by atoms with E-state index in [2.05, 4.69) is 4.72 Å². The van der Waals surface area contributed by atoms with Crippen molar-refractivity contribution in [1.82, 2.24) is 0 Å². The smallest absolute Gasteiger partial charge is 0.271 e. The van der Waals surface area contributed by atoms with E-state index in [0.717, 1.165) is 11.3 Å². The number of thiophene rings is 1. The summed E-state index contributed by atoms with van der Waals surface area (Å²) in [6, 6.07) is 9.98. The predicted molar refractivity (Wildman–Crippen MR) is 129 cm³/mol. The normalized spacial score (nSPS) is 14.6. The molecule has 4 rings (SSSR count). The van der Waals surface area contributed by atoms with Crippen LogP contribution in [0, 0.1) is 0 Å². The SMILES string of the molecule is NS(=O)(=O)c1ccc2c(c1)CCCC(=O)N2c1cc(Cl)c(Cl)cc1NS(=O)(=O)c1cccs1. The number of hydrogen-bond donors (Lipinski definition) is 2. The van der Waals surface area contributed by atoms with Gasteiger partial charge in [0.2, 0.25) is 15.9 Å². The van der Waals surface area contributed by atoms with Crippen molar-refractivity contribution in [3.63, 3.8) is 0 Å². The Labute approximate surface area is 205 Å². The zero-order valence-electron chi connectivity index (χ0n) is 16.8. The zero-order valence-corrected chi connectivity index (χ0v) is 20.7. The number of nitrogens with zero attached hydrogens (tertiary/aromatic N) is 1.